The first-order chi connectivity index (χ1) is 21.2. The standard InChI is InChI=1S/C32H24Br2ClN3O6/c1-41-25-13-17(14-26(42-2)30(25)43-3)32(40)44-29-18(12-19(33)15-22(29)34)16-36-38-31(39)28-27(20-8-4-6-10-23(20)35)21-9-5-7-11-24(21)37-28/h4-16,37H,1-3H3,(H,38,39). The largest absolute Gasteiger partial charge is 0.493 e. The molecule has 0 saturated carbocycles. The highest BCUT2D eigenvalue weighted by Gasteiger charge is 2.22. The quantitative estimate of drug-likeness (QED) is 0.0686. The van der Waals surface area contributed by atoms with E-state index in [1.807, 2.05) is 42.5 Å². The zero-order chi connectivity index (χ0) is 31.4. The van der Waals surface area contributed by atoms with E-state index in [1.54, 1.807) is 18.2 Å². The number of hydrogen-bond acceptors (Lipinski definition) is 7. The molecule has 1 amide bonds. The van der Waals surface area contributed by atoms with Gasteiger partial charge in [-0.25, -0.2) is 10.2 Å². The first-order valence-electron chi connectivity index (χ1n) is 13.0. The van der Waals surface area contributed by atoms with Crippen LogP contribution in [-0.4, -0.2) is 44.4 Å². The Hall–Kier alpha value is -4.32. The summed E-state index contributed by atoms with van der Waals surface area (Å²) >= 11 is 13.4. The van der Waals surface area contributed by atoms with Crippen LogP contribution in [0.2, 0.25) is 5.02 Å². The van der Waals surface area contributed by atoms with E-state index in [-0.39, 0.29) is 11.3 Å². The zero-order valence-corrected chi connectivity index (χ0v) is 27.5. The van der Waals surface area contributed by atoms with E-state index in [9.17, 15) is 9.59 Å². The van der Waals surface area contributed by atoms with Gasteiger partial charge >= 0.3 is 5.97 Å². The summed E-state index contributed by atoms with van der Waals surface area (Å²) in [6, 6.07) is 21.2. The summed E-state index contributed by atoms with van der Waals surface area (Å²) < 4.78 is 23.0. The molecule has 0 aliphatic carbocycles. The molecule has 0 atom stereocenters. The number of halogens is 3. The molecule has 0 bridgehead atoms. The number of nitrogens with one attached hydrogen (secondary N) is 2. The van der Waals surface area contributed by atoms with Gasteiger partial charge in [0.05, 0.1) is 37.6 Å². The van der Waals surface area contributed by atoms with Crippen LogP contribution < -0.4 is 24.4 Å². The number of rotatable bonds is 9. The van der Waals surface area contributed by atoms with E-state index < -0.39 is 11.9 Å². The number of nitrogens with zero attached hydrogens (tertiary/aromatic N) is 1. The Kier molecular flexibility index (Phi) is 9.58. The van der Waals surface area contributed by atoms with Crippen molar-refractivity contribution in [1.82, 2.24) is 10.4 Å². The molecule has 0 aliphatic heterocycles. The predicted octanol–water partition coefficient (Wildman–Crippen LogP) is 8.02. The Bertz CT molecular complexity index is 1900. The summed E-state index contributed by atoms with van der Waals surface area (Å²) in [6.45, 7) is 0. The molecule has 0 spiro atoms. The molecule has 9 nitrogen and oxygen atoms in total. The minimum atomic E-state index is -0.687. The molecule has 1 aromatic heterocycles. The molecule has 224 valence electrons. The molecule has 5 aromatic rings. The van der Waals surface area contributed by atoms with Gasteiger partial charge in [0.15, 0.2) is 17.2 Å². The highest BCUT2D eigenvalue weighted by atomic mass is 79.9. The van der Waals surface area contributed by atoms with Crippen molar-refractivity contribution in [1.29, 1.82) is 0 Å². The van der Waals surface area contributed by atoms with Gasteiger partial charge in [-0.15, -0.1) is 0 Å². The van der Waals surface area contributed by atoms with Crippen molar-refractivity contribution in [3.63, 3.8) is 0 Å². The number of aromatic amines is 1. The summed E-state index contributed by atoms with van der Waals surface area (Å²) in [5.74, 6) is -0.0663. The zero-order valence-electron chi connectivity index (χ0n) is 23.5. The number of methoxy groups -OCH3 is 3. The second-order valence-electron chi connectivity index (χ2n) is 9.21. The molecule has 1 heterocycles. The maximum absolute atomic E-state index is 13.4. The van der Waals surface area contributed by atoms with Crippen LogP contribution in [0.1, 0.15) is 26.4 Å². The van der Waals surface area contributed by atoms with E-state index in [1.165, 1.54) is 39.7 Å². The monoisotopic (exact) mass is 739 g/mol. The lowest BCUT2D eigenvalue weighted by Crippen LogP contribution is -2.19. The van der Waals surface area contributed by atoms with E-state index in [0.29, 0.717) is 53.6 Å². The number of amides is 1. The number of fused-ring (bicyclic) bond motifs is 1. The van der Waals surface area contributed by atoms with Gasteiger partial charge in [0.25, 0.3) is 5.91 Å². The molecule has 0 radical (unpaired) electrons. The number of H-pyrrole nitrogens is 1. The summed E-state index contributed by atoms with van der Waals surface area (Å²) in [4.78, 5) is 29.9. The third-order valence-electron chi connectivity index (χ3n) is 6.58. The average molecular weight is 742 g/mol. The summed E-state index contributed by atoms with van der Waals surface area (Å²) in [7, 11) is 4.37. The third-order valence-corrected chi connectivity index (χ3v) is 7.95. The van der Waals surface area contributed by atoms with Gasteiger partial charge in [-0.05, 0) is 52.3 Å². The van der Waals surface area contributed by atoms with Crippen LogP contribution >= 0.6 is 43.5 Å². The molecule has 4 aromatic carbocycles. The summed E-state index contributed by atoms with van der Waals surface area (Å²) in [6.07, 6.45) is 1.38. The maximum atomic E-state index is 13.4. The van der Waals surface area contributed by atoms with Gasteiger partial charge in [0.1, 0.15) is 5.69 Å². The van der Waals surface area contributed by atoms with Crippen molar-refractivity contribution in [2.75, 3.05) is 21.3 Å². The Labute approximate surface area is 274 Å². The first kappa shape index (κ1) is 31.1. The van der Waals surface area contributed by atoms with E-state index in [4.69, 9.17) is 30.5 Å². The fourth-order valence-corrected chi connectivity index (χ4v) is 6.18. The lowest BCUT2D eigenvalue weighted by molar-refractivity contribution is 0.0732. The molecule has 0 saturated heterocycles. The Morgan fingerprint density at radius 3 is 2.25 bits per heavy atom. The fourth-order valence-electron chi connectivity index (χ4n) is 4.61. The van der Waals surface area contributed by atoms with Crippen LogP contribution in [0.25, 0.3) is 22.0 Å². The number of esters is 1. The van der Waals surface area contributed by atoms with Crippen LogP contribution in [0.4, 0.5) is 0 Å². The topological polar surface area (TPSA) is 111 Å². The third kappa shape index (κ3) is 6.30. The van der Waals surface area contributed by atoms with Crippen LogP contribution in [0.5, 0.6) is 23.0 Å². The SMILES string of the molecule is COc1cc(C(=O)Oc2c(Br)cc(Br)cc2C=NNC(=O)c2[nH]c3ccccc3c2-c2ccccc2Cl)cc(OC)c1OC. The number of benzene rings is 4. The van der Waals surface area contributed by atoms with Gasteiger partial charge in [-0.3, -0.25) is 4.79 Å². The first-order valence-corrected chi connectivity index (χ1v) is 14.9. The second-order valence-corrected chi connectivity index (χ2v) is 11.4. The minimum Gasteiger partial charge on any atom is -0.493 e. The Balaban J connectivity index is 1.44. The normalized spacial score (nSPS) is 11.0. The molecule has 0 aliphatic rings. The van der Waals surface area contributed by atoms with Crippen molar-refractivity contribution in [3.05, 3.63) is 104 Å². The van der Waals surface area contributed by atoms with Gasteiger partial charge in [0.2, 0.25) is 5.75 Å². The lowest BCUT2D eigenvalue weighted by atomic mass is 10.0. The number of carbonyl (C=O) groups is 2. The van der Waals surface area contributed by atoms with Crippen molar-refractivity contribution in [3.8, 4) is 34.1 Å². The van der Waals surface area contributed by atoms with Crippen LogP contribution in [0.3, 0.4) is 0 Å². The number of ether oxygens (including phenoxy) is 4. The Morgan fingerprint density at radius 1 is 0.886 bits per heavy atom. The van der Waals surface area contributed by atoms with Crippen molar-refractivity contribution in [2.24, 2.45) is 5.10 Å². The van der Waals surface area contributed by atoms with E-state index in [0.717, 1.165) is 10.9 Å². The highest BCUT2D eigenvalue weighted by Crippen LogP contribution is 2.40. The molecule has 2 N–H and O–H groups in total. The fraction of sp³-hybridized carbons (Fsp3) is 0.0938. The van der Waals surface area contributed by atoms with Crippen molar-refractivity contribution >= 4 is 72.5 Å². The number of hydrogen-bond donors (Lipinski definition) is 2. The van der Waals surface area contributed by atoms with Crippen LogP contribution in [0.15, 0.2) is 86.8 Å². The number of hydrazone groups is 1. The second kappa shape index (κ2) is 13.5. The maximum Gasteiger partial charge on any atom is 0.343 e. The van der Waals surface area contributed by atoms with Gasteiger partial charge in [0, 0.05) is 37.1 Å². The number of aromatic nitrogens is 1. The molecule has 12 heteroatoms. The van der Waals surface area contributed by atoms with E-state index >= 15 is 0 Å². The van der Waals surface area contributed by atoms with Crippen LogP contribution in [-0.2, 0) is 0 Å². The summed E-state index contributed by atoms with van der Waals surface area (Å²) in [5.41, 5.74) is 5.56. The minimum absolute atomic E-state index is 0.163. The predicted molar refractivity (Wildman–Crippen MR) is 177 cm³/mol. The molecular formula is C32H24Br2ClN3O6. The number of carbonyl (C=O) groups excluding carboxylic acids is 2. The Morgan fingerprint density at radius 2 is 1.57 bits per heavy atom. The molecule has 0 fully saturated rings. The smallest absolute Gasteiger partial charge is 0.343 e. The van der Waals surface area contributed by atoms with Gasteiger partial charge < -0.3 is 23.9 Å². The van der Waals surface area contributed by atoms with Gasteiger partial charge in [-0.2, -0.15) is 5.10 Å². The van der Waals surface area contributed by atoms with Crippen molar-refractivity contribution < 1.29 is 28.5 Å². The molecule has 44 heavy (non-hydrogen) atoms. The molecular weight excluding hydrogens is 718 g/mol. The van der Waals surface area contributed by atoms with Crippen LogP contribution in [0, 0.1) is 0 Å². The van der Waals surface area contributed by atoms with Gasteiger partial charge in [-0.1, -0.05) is 63.9 Å². The highest BCUT2D eigenvalue weighted by molar-refractivity contribution is 9.11. The molecule has 5 rings (SSSR count). The van der Waals surface area contributed by atoms with E-state index in [2.05, 4.69) is 47.4 Å². The molecule has 0 unspecified atom stereocenters. The van der Waals surface area contributed by atoms with Crippen molar-refractivity contribution in [2.45, 2.75) is 0 Å². The lowest BCUT2D eigenvalue weighted by Gasteiger charge is -2.15. The number of para-hydroxylation sites is 1. The summed E-state index contributed by atoms with van der Waals surface area (Å²) in [5, 5.41) is 5.52. The average Bonchev–Trinajstić information content (AvgIpc) is 3.41.